The number of nitrogens with two attached hydrogens (primary N) is 2. The zero-order valence-electron chi connectivity index (χ0n) is 22.5. The number of ether oxygens (including phenoxy) is 1. The lowest BCUT2D eigenvalue weighted by Crippen LogP contribution is -2.43. The Balaban J connectivity index is 1.49. The van der Waals surface area contributed by atoms with Crippen LogP contribution in [0.1, 0.15) is 24.8 Å². The number of nitriles is 1. The van der Waals surface area contributed by atoms with E-state index in [1.165, 1.54) is 12.1 Å². The molecule has 2 aromatic carbocycles. The summed E-state index contributed by atoms with van der Waals surface area (Å²) in [6, 6.07) is 5.57. The molecule has 0 amide bonds. The van der Waals surface area contributed by atoms with Gasteiger partial charge in [0.2, 0.25) is 10.0 Å². The number of hydrogen-bond donors (Lipinski definition) is 3. The molecule has 2 atom stereocenters. The van der Waals surface area contributed by atoms with Crippen LogP contribution in [0, 0.1) is 23.0 Å². The normalized spacial score (nSPS) is 20.5. The van der Waals surface area contributed by atoms with Crippen molar-refractivity contribution in [2.45, 2.75) is 31.0 Å². The van der Waals surface area contributed by atoms with Gasteiger partial charge in [0.15, 0.2) is 5.82 Å². The van der Waals surface area contributed by atoms with E-state index in [2.05, 4.69) is 15.3 Å². The molecule has 6 rings (SSSR count). The smallest absolute Gasteiger partial charge is 0.319 e. The van der Waals surface area contributed by atoms with Crippen LogP contribution in [0.4, 0.5) is 24.0 Å². The van der Waals surface area contributed by atoms with Crippen molar-refractivity contribution in [1.82, 2.24) is 14.9 Å². The highest BCUT2D eigenvalue weighted by atomic mass is 35.5. The average molecular weight is 652 g/mol. The van der Waals surface area contributed by atoms with Crippen molar-refractivity contribution >= 4 is 64.8 Å². The van der Waals surface area contributed by atoms with Gasteiger partial charge in [0.25, 0.3) is 0 Å². The topological polar surface area (TPSA) is 160 Å². The third kappa shape index (κ3) is 5.31. The second kappa shape index (κ2) is 10.9. The molecule has 226 valence electrons. The highest BCUT2D eigenvalue weighted by molar-refractivity contribution is 7.89. The summed E-state index contributed by atoms with van der Waals surface area (Å²) >= 11 is 7.47. The second-order valence-electron chi connectivity index (χ2n) is 10.7. The zero-order valence-corrected chi connectivity index (χ0v) is 24.9. The minimum atomic E-state index is -3.83. The SMILES string of the molecule is N#Cc1c(N)sc2c(F)ccc(-c3c(Cl)cc4c(NCCS(N)(=O)=O)nc(OC[C@@]56CCCN5CC(F)C6)nc4c3F)c12. The molecule has 2 aliphatic rings. The minimum absolute atomic E-state index is 0.00905. The number of thiophene rings is 1. The van der Waals surface area contributed by atoms with E-state index in [1.807, 2.05) is 11.0 Å². The molecule has 16 heteroatoms. The minimum Gasteiger partial charge on any atom is -0.461 e. The number of rotatable bonds is 8. The van der Waals surface area contributed by atoms with Crippen molar-refractivity contribution in [3.05, 3.63) is 40.4 Å². The van der Waals surface area contributed by atoms with E-state index in [0.717, 1.165) is 36.8 Å². The van der Waals surface area contributed by atoms with Gasteiger partial charge < -0.3 is 15.8 Å². The van der Waals surface area contributed by atoms with Crippen molar-refractivity contribution in [1.29, 1.82) is 5.26 Å². The van der Waals surface area contributed by atoms with Crippen LogP contribution >= 0.6 is 22.9 Å². The quantitative estimate of drug-likeness (QED) is 0.248. The molecule has 2 fully saturated rings. The second-order valence-corrected chi connectivity index (χ2v) is 13.9. The highest BCUT2D eigenvalue weighted by Gasteiger charge is 2.49. The van der Waals surface area contributed by atoms with Crippen LogP contribution < -0.4 is 20.9 Å². The number of sulfonamides is 1. The first-order valence-corrected chi connectivity index (χ1v) is 16.2. The molecule has 0 spiro atoms. The predicted molar refractivity (Wildman–Crippen MR) is 159 cm³/mol. The van der Waals surface area contributed by atoms with Gasteiger partial charge in [-0.15, -0.1) is 11.3 Å². The molecule has 1 unspecified atom stereocenters. The zero-order chi connectivity index (χ0) is 30.7. The van der Waals surface area contributed by atoms with Gasteiger partial charge in [0, 0.05) is 35.8 Å². The molecule has 0 radical (unpaired) electrons. The van der Waals surface area contributed by atoms with E-state index in [0.29, 0.717) is 13.0 Å². The van der Waals surface area contributed by atoms with Gasteiger partial charge in [-0.05, 0) is 37.1 Å². The molecule has 0 saturated carbocycles. The summed E-state index contributed by atoms with van der Waals surface area (Å²) in [6.07, 6.45) is 0.908. The van der Waals surface area contributed by atoms with E-state index in [1.54, 1.807) is 0 Å². The van der Waals surface area contributed by atoms with Crippen LogP contribution in [0.2, 0.25) is 5.02 Å². The van der Waals surface area contributed by atoms with Gasteiger partial charge in [-0.25, -0.2) is 26.7 Å². The van der Waals surface area contributed by atoms with Crippen molar-refractivity contribution in [2.24, 2.45) is 5.14 Å². The number of fused-ring (bicyclic) bond motifs is 3. The molecule has 5 N–H and O–H groups in total. The lowest BCUT2D eigenvalue weighted by molar-refractivity contribution is 0.107. The Morgan fingerprint density at radius 1 is 1.33 bits per heavy atom. The number of nitrogens with zero attached hydrogens (tertiary/aromatic N) is 4. The Morgan fingerprint density at radius 2 is 2.12 bits per heavy atom. The van der Waals surface area contributed by atoms with Gasteiger partial charge >= 0.3 is 6.01 Å². The number of halogens is 4. The monoisotopic (exact) mass is 651 g/mol. The molecule has 10 nitrogen and oxygen atoms in total. The van der Waals surface area contributed by atoms with Crippen LogP contribution in [0.25, 0.3) is 32.1 Å². The third-order valence-electron chi connectivity index (χ3n) is 7.97. The Hall–Kier alpha value is -3.42. The summed E-state index contributed by atoms with van der Waals surface area (Å²) in [5.74, 6) is -1.94. The van der Waals surface area contributed by atoms with Crippen LogP contribution in [-0.4, -0.2) is 67.0 Å². The first-order chi connectivity index (χ1) is 20.4. The summed E-state index contributed by atoms with van der Waals surface area (Å²) in [5.41, 5.74) is 5.19. The number of nitrogen functional groups attached to an aromatic ring is 1. The van der Waals surface area contributed by atoms with Crippen LogP contribution in [0.3, 0.4) is 0 Å². The number of anilines is 2. The molecular weight excluding hydrogens is 627 g/mol. The Bertz CT molecular complexity index is 1940. The van der Waals surface area contributed by atoms with Crippen molar-refractivity contribution in [3.8, 4) is 23.2 Å². The van der Waals surface area contributed by atoms with Crippen LogP contribution in [-0.2, 0) is 10.0 Å². The van der Waals surface area contributed by atoms with E-state index in [9.17, 15) is 22.5 Å². The van der Waals surface area contributed by atoms with Crippen molar-refractivity contribution in [3.63, 3.8) is 0 Å². The molecule has 0 aliphatic carbocycles. The lowest BCUT2D eigenvalue weighted by Gasteiger charge is -2.30. The number of primary sulfonamides is 1. The Kier molecular flexibility index (Phi) is 7.54. The van der Waals surface area contributed by atoms with Gasteiger partial charge in [0.05, 0.1) is 26.6 Å². The number of benzene rings is 2. The number of nitrogens with one attached hydrogen (secondary N) is 1. The van der Waals surface area contributed by atoms with Gasteiger partial charge in [-0.3, -0.25) is 4.90 Å². The Labute approximate surface area is 253 Å². The maximum Gasteiger partial charge on any atom is 0.319 e. The molecule has 0 bridgehead atoms. The van der Waals surface area contributed by atoms with E-state index < -0.39 is 39.1 Å². The van der Waals surface area contributed by atoms with Gasteiger partial charge in [-0.1, -0.05) is 17.7 Å². The maximum atomic E-state index is 16.5. The Morgan fingerprint density at radius 3 is 2.86 bits per heavy atom. The first-order valence-electron chi connectivity index (χ1n) is 13.3. The summed E-state index contributed by atoms with van der Waals surface area (Å²) < 4.78 is 74.6. The number of alkyl halides is 1. The standard InChI is InChI=1S/C27H25ClF3N7O3S2/c28-17-8-15-22(21(31)20(17)14-2-3-18(30)23-19(14)16(10-32)24(33)42-23)36-26(37-25(15)35-5-7-43(34,39)40)41-12-27-4-1-6-38(27)11-13(29)9-27/h2-3,8,13H,1,4-7,9,11-12,33H2,(H2,34,39,40)(H,35,36,37)/t13?,27-/m0/s1. The number of aromatic nitrogens is 2. The van der Waals surface area contributed by atoms with E-state index >= 15 is 4.39 Å². The summed E-state index contributed by atoms with van der Waals surface area (Å²) in [6.45, 7) is 0.951. The number of hydrogen-bond acceptors (Lipinski definition) is 10. The predicted octanol–water partition coefficient (Wildman–Crippen LogP) is 4.55. The molecule has 43 heavy (non-hydrogen) atoms. The van der Waals surface area contributed by atoms with Crippen LogP contribution in [0.5, 0.6) is 6.01 Å². The molecule has 2 aromatic heterocycles. The molecule has 2 saturated heterocycles. The van der Waals surface area contributed by atoms with E-state index in [4.69, 9.17) is 27.2 Å². The lowest BCUT2D eigenvalue weighted by atomic mass is 9.95. The molecule has 2 aliphatic heterocycles. The summed E-state index contributed by atoms with van der Waals surface area (Å²) in [4.78, 5) is 10.7. The van der Waals surface area contributed by atoms with Gasteiger partial charge in [0.1, 0.15) is 41.0 Å². The first kappa shape index (κ1) is 29.6. The maximum absolute atomic E-state index is 16.5. The molecular formula is C27H25ClF3N7O3S2. The van der Waals surface area contributed by atoms with Crippen LogP contribution in [0.15, 0.2) is 18.2 Å². The van der Waals surface area contributed by atoms with Crippen molar-refractivity contribution in [2.75, 3.05) is 43.0 Å². The summed E-state index contributed by atoms with van der Waals surface area (Å²) in [7, 11) is -3.83. The third-order valence-corrected chi connectivity index (χ3v) is 10.1. The average Bonchev–Trinajstić information content (AvgIpc) is 3.58. The summed E-state index contributed by atoms with van der Waals surface area (Å²) in [5, 5.41) is 17.9. The molecule has 4 aromatic rings. The van der Waals surface area contributed by atoms with E-state index in [-0.39, 0.29) is 72.7 Å². The fourth-order valence-electron chi connectivity index (χ4n) is 6.09. The highest BCUT2D eigenvalue weighted by Crippen LogP contribution is 2.46. The fraction of sp³-hybridized carbons (Fsp3) is 0.370. The fourth-order valence-corrected chi connectivity index (χ4v) is 7.72. The van der Waals surface area contributed by atoms with Gasteiger partial charge in [-0.2, -0.15) is 15.2 Å². The van der Waals surface area contributed by atoms with Crippen molar-refractivity contribution < 1.29 is 26.3 Å². The molecule has 4 heterocycles. The largest absolute Gasteiger partial charge is 0.461 e.